The Hall–Kier alpha value is -0.540. The molecule has 1 aromatic rings. The van der Waals surface area contributed by atoms with E-state index in [1.165, 1.54) is 5.56 Å². The number of methoxy groups -OCH3 is 1. The van der Waals surface area contributed by atoms with Crippen LogP contribution in [0.25, 0.3) is 0 Å². The summed E-state index contributed by atoms with van der Waals surface area (Å²) in [7, 11) is 1.64. The maximum Gasteiger partial charge on any atom is 0.120 e. The highest BCUT2D eigenvalue weighted by molar-refractivity contribution is 9.10. The van der Waals surface area contributed by atoms with Crippen molar-refractivity contribution in [2.24, 2.45) is 0 Å². The summed E-state index contributed by atoms with van der Waals surface area (Å²) in [5, 5.41) is 9.83. The van der Waals surface area contributed by atoms with Gasteiger partial charge in [0, 0.05) is 4.47 Å². The highest BCUT2D eigenvalue weighted by atomic mass is 79.9. The monoisotopic (exact) mass is 256 g/mol. The van der Waals surface area contributed by atoms with Gasteiger partial charge in [0.1, 0.15) is 5.75 Å². The molecule has 3 heteroatoms. The smallest absolute Gasteiger partial charge is 0.120 e. The van der Waals surface area contributed by atoms with Crippen LogP contribution in [0.2, 0.25) is 0 Å². The quantitative estimate of drug-likeness (QED) is 0.838. The lowest BCUT2D eigenvalue weighted by Gasteiger charge is -2.23. The minimum absolute atomic E-state index is 0.329. The van der Waals surface area contributed by atoms with Crippen molar-refractivity contribution in [3.8, 4) is 5.75 Å². The molecule has 0 spiro atoms. The van der Waals surface area contributed by atoms with Crippen LogP contribution < -0.4 is 4.74 Å². The molecule has 0 saturated carbocycles. The van der Waals surface area contributed by atoms with Gasteiger partial charge < -0.3 is 9.84 Å². The number of ether oxygens (including phenoxy) is 1. The predicted octanol–water partition coefficient (Wildman–Crippen LogP) is 2.83. The SMILES string of the molecule is COc1cc(Br)c2c(c1)[C@H](O)CCC2. The van der Waals surface area contributed by atoms with E-state index >= 15 is 0 Å². The number of aliphatic hydroxyl groups is 1. The standard InChI is InChI=1S/C11H13BrO2/c1-14-7-5-9-8(10(12)6-7)3-2-4-11(9)13/h5-6,11,13H,2-4H2,1H3/t11-/m1/s1. The van der Waals surface area contributed by atoms with Crippen LogP contribution in [0.3, 0.4) is 0 Å². The van der Waals surface area contributed by atoms with Gasteiger partial charge in [-0.2, -0.15) is 0 Å². The fourth-order valence-electron chi connectivity index (χ4n) is 1.94. The summed E-state index contributed by atoms with van der Waals surface area (Å²) in [5.41, 5.74) is 2.24. The van der Waals surface area contributed by atoms with Gasteiger partial charge in [0.05, 0.1) is 13.2 Å². The molecule has 0 bridgehead atoms. The zero-order chi connectivity index (χ0) is 10.1. The zero-order valence-corrected chi connectivity index (χ0v) is 9.67. The molecule has 0 amide bonds. The van der Waals surface area contributed by atoms with Crippen molar-refractivity contribution in [2.45, 2.75) is 25.4 Å². The van der Waals surface area contributed by atoms with Crippen LogP contribution in [0.5, 0.6) is 5.75 Å². The predicted molar refractivity (Wildman–Crippen MR) is 58.6 cm³/mol. The van der Waals surface area contributed by atoms with Crippen molar-refractivity contribution in [3.05, 3.63) is 27.7 Å². The average Bonchev–Trinajstić information content (AvgIpc) is 2.19. The van der Waals surface area contributed by atoms with Gasteiger partial charge in [-0.25, -0.2) is 0 Å². The number of hydrogen-bond donors (Lipinski definition) is 1. The molecule has 0 unspecified atom stereocenters. The molecule has 0 aromatic heterocycles. The lowest BCUT2D eigenvalue weighted by molar-refractivity contribution is 0.156. The number of halogens is 1. The van der Waals surface area contributed by atoms with Crippen LogP contribution >= 0.6 is 15.9 Å². The number of aliphatic hydroxyl groups excluding tert-OH is 1. The molecule has 2 rings (SSSR count). The second kappa shape index (κ2) is 3.91. The number of fused-ring (bicyclic) bond motifs is 1. The first-order valence-corrected chi connectivity index (χ1v) is 5.56. The second-order valence-corrected chi connectivity index (χ2v) is 4.44. The Morgan fingerprint density at radius 1 is 1.50 bits per heavy atom. The number of hydrogen-bond acceptors (Lipinski definition) is 2. The van der Waals surface area contributed by atoms with Crippen LogP contribution in [-0.2, 0) is 6.42 Å². The van der Waals surface area contributed by atoms with E-state index in [2.05, 4.69) is 15.9 Å². The van der Waals surface area contributed by atoms with Gasteiger partial charge in [0.25, 0.3) is 0 Å². The Balaban J connectivity index is 2.51. The van der Waals surface area contributed by atoms with E-state index in [9.17, 15) is 5.11 Å². The summed E-state index contributed by atoms with van der Waals surface area (Å²) >= 11 is 3.51. The molecule has 2 nitrogen and oxygen atoms in total. The van der Waals surface area contributed by atoms with Gasteiger partial charge in [-0.3, -0.25) is 0 Å². The highest BCUT2D eigenvalue weighted by Crippen LogP contribution is 2.37. The number of rotatable bonds is 1. The van der Waals surface area contributed by atoms with Crippen LogP contribution in [0.1, 0.15) is 30.1 Å². The summed E-state index contributed by atoms with van der Waals surface area (Å²) in [4.78, 5) is 0. The van der Waals surface area contributed by atoms with Crippen molar-refractivity contribution in [1.29, 1.82) is 0 Å². The van der Waals surface area contributed by atoms with E-state index < -0.39 is 0 Å². The molecule has 1 N–H and O–H groups in total. The third-order valence-electron chi connectivity index (χ3n) is 2.70. The molecule has 0 radical (unpaired) electrons. The zero-order valence-electron chi connectivity index (χ0n) is 8.09. The van der Waals surface area contributed by atoms with Crippen molar-refractivity contribution in [1.82, 2.24) is 0 Å². The first kappa shape index (κ1) is 9.99. The Morgan fingerprint density at radius 3 is 3.00 bits per heavy atom. The van der Waals surface area contributed by atoms with Gasteiger partial charge in [0.15, 0.2) is 0 Å². The Kier molecular flexibility index (Phi) is 2.79. The van der Waals surface area contributed by atoms with Crippen LogP contribution in [0.4, 0.5) is 0 Å². The fourth-order valence-corrected chi connectivity index (χ4v) is 2.59. The highest BCUT2D eigenvalue weighted by Gasteiger charge is 2.20. The Morgan fingerprint density at radius 2 is 2.29 bits per heavy atom. The first-order valence-electron chi connectivity index (χ1n) is 4.76. The molecule has 14 heavy (non-hydrogen) atoms. The molecule has 0 saturated heterocycles. The van der Waals surface area contributed by atoms with Gasteiger partial charge in [0.2, 0.25) is 0 Å². The van der Waals surface area contributed by atoms with E-state index in [1.807, 2.05) is 12.1 Å². The van der Waals surface area contributed by atoms with Crippen LogP contribution in [0.15, 0.2) is 16.6 Å². The van der Waals surface area contributed by atoms with Gasteiger partial charge in [-0.15, -0.1) is 0 Å². The number of benzene rings is 1. The van der Waals surface area contributed by atoms with Gasteiger partial charge in [-0.1, -0.05) is 15.9 Å². The van der Waals surface area contributed by atoms with E-state index in [1.54, 1.807) is 7.11 Å². The molecule has 76 valence electrons. The maximum absolute atomic E-state index is 9.83. The third-order valence-corrected chi connectivity index (χ3v) is 3.41. The Bertz CT molecular complexity index is 349. The molecule has 1 aliphatic rings. The van der Waals surface area contributed by atoms with Crippen molar-refractivity contribution in [3.63, 3.8) is 0 Å². The molecule has 1 atom stereocenters. The van der Waals surface area contributed by atoms with E-state index in [0.717, 1.165) is 35.0 Å². The van der Waals surface area contributed by atoms with E-state index in [4.69, 9.17) is 4.74 Å². The minimum Gasteiger partial charge on any atom is -0.497 e. The second-order valence-electron chi connectivity index (χ2n) is 3.59. The van der Waals surface area contributed by atoms with Crippen molar-refractivity contribution in [2.75, 3.05) is 7.11 Å². The van der Waals surface area contributed by atoms with Gasteiger partial charge >= 0.3 is 0 Å². The van der Waals surface area contributed by atoms with Gasteiger partial charge in [-0.05, 0) is 42.5 Å². The molecular weight excluding hydrogens is 244 g/mol. The van der Waals surface area contributed by atoms with Crippen molar-refractivity contribution >= 4 is 15.9 Å². The molecule has 0 aliphatic heterocycles. The molecule has 1 aliphatic carbocycles. The normalized spacial score (nSPS) is 20.4. The van der Waals surface area contributed by atoms with Crippen molar-refractivity contribution < 1.29 is 9.84 Å². The molecular formula is C11H13BrO2. The van der Waals surface area contributed by atoms with E-state index in [-0.39, 0.29) is 6.10 Å². The lowest BCUT2D eigenvalue weighted by atomic mass is 9.89. The first-order chi connectivity index (χ1) is 6.72. The van der Waals surface area contributed by atoms with E-state index in [0.29, 0.717) is 0 Å². The largest absolute Gasteiger partial charge is 0.497 e. The summed E-state index contributed by atoms with van der Waals surface area (Å²) in [6, 6.07) is 3.89. The molecule has 0 fully saturated rings. The summed E-state index contributed by atoms with van der Waals surface area (Å²) in [5.74, 6) is 0.802. The summed E-state index contributed by atoms with van der Waals surface area (Å²) in [6.07, 6.45) is 2.62. The van der Waals surface area contributed by atoms with Crippen LogP contribution in [0, 0.1) is 0 Å². The minimum atomic E-state index is -0.329. The topological polar surface area (TPSA) is 29.5 Å². The summed E-state index contributed by atoms with van der Waals surface area (Å²) < 4.78 is 6.22. The molecule has 1 aromatic carbocycles. The third kappa shape index (κ3) is 1.66. The average molecular weight is 257 g/mol. The molecule has 0 heterocycles. The lowest BCUT2D eigenvalue weighted by Crippen LogP contribution is -2.10. The van der Waals surface area contributed by atoms with Crippen LogP contribution in [-0.4, -0.2) is 12.2 Å². The Labute approximate surface area is 92.0 Å². The fraction of sp³-hybridized carbons (Fsp3) is 0.455. The summed E-state index contributed by atoms with van der Waals surface area (Å²) in [6.45, 7) is 0. The maximum atomic E-state index is 9.83.